The van der Waals surface area contributed by atoms with Gasteiger partial charge in [-0.2, -0.15) is 0 Å². The van der Waals surface area contributed by atoms with Gasteiger partial charge in [-0.15, -0.1) is 0 Å². The third kappa shape index (κ3) is 3.89. The highest BCUT2D eigenvalue weighted by Gasteiger charge is 2.39. The van der Waals surface area contributed by atoms with E-state index < -0.39 is 0 Å². The molecule has 0 amide bonds. The molecule has 4 heteroatoms. The van der Waals surface area contributed by atoms with E-state index in [1.54, 1.807) is 0 Å². The highest BCUT2D eigenvalue weighted by Crippen LogP contribution is 2.42. The molecular weight excluding hydrogens is 332 g/mol. The van der Waals surface area contributed by atoms with E-state index in [-0.39, 0.29) is 5.41 Å². The molecule has 1 N–H and O–H groups in total. The molecule has 1 aromatic carbocycles. The molecular formula is C21H25ClN2O. The molecule has 0 radical (unpaired) electrons. The Morgan fingerprint density at radius 1 is 1.12 bits per heavy atom. The average Bonchev–Trinajstić information content (AvgIpc) is 3.43. The minimum atomic E-state index is 0.164. The van der Waals surface area contributed by atoms with Gasteiger partial charge in [0.1, 0.15) is 0 Å². The Hall–Kier alpha value is -1.42. The van der Waals surface area contributed by atoms with Crippen LogP contribution in [0.2, 0.25) is 5.02 Å². The van der Waals surface area contributed by atoms with Gasteiger partial charge in [-0.1, -0.05) is 29.8 Å². The first-order valence-corrected chi connectivity index (χ1v) is 9.63. The SMILES string of the molecule is Clc1ccc([C@@H]2CC2NCCC2(c3ccccn3)CCOCC2)cc1. The van der Waals surface area contributed by atoms with Gasteiger partial charge in [0.15, 0.2) is 0 Å². The fourth-order valence-electron chi connectivity index (χ4n) is 4.07. The second-order valence-corrected chi connectivity index (χ2v) is 7.75. The van der Waals surface area contributed by atoms with E-state index in [0.29, 0.717) is 12.0 Å². The Morgan fingerprint density at radius 3 is 2.64 bits per heavy atom. The summed E-state index contributed by atoms with van der Waals surface area (Å²) in [4.78, 5) is 4.66. The van der Waals surface area contributed by atoms with Crippen LogP contribution in [0.1, 0.15) is 42.9 Å². The molecule has 2 aliphatic rings. The second kappa shape index (κ2) is 7.45. The van der Waals surface area contributed by atoms with Crippen molar-refractivity contribution in [2.75, 3.05) is 19.8 Å². The maximum Gasteiger partial charge on any atom is 0.0475 e. The van der Waals surface area contributed by atoms with Crippen LogP contribution in [0.15, 0.2) is 48.7 Å². The van der Waals surface area contributed by atoms with E-state index in [1.165, 1.54) is 17.7 Å². The molecule has 1 aliphatic carbocycles. The molecule has 0 bridgehead atoms. The molecule has 1 saturated heterocycles. The van der Waals surface area contributed by atoms with Gasteiger partial charge in [0.2, 0.25) is 0 Å². The van der Waals surface area contributed by atoms with E-state index in [9.17, 15) is 0 Å². The predicted molar refractivity (Wildman–Crippen MR) is 101 cm³/mol. The molecule has 2 fully saturated rings. The molecule has 1 aromatic heterocycles. The van der Waals surface area contributed by atoms with Crippen LogP contribution in [0.4, 0.5) is 0 Å². The largest absolute Gasteiger partial charge is 0.381 e. The Morgan fingerprint density at radius 2 is 1.92 bits per heavy atom. The topological polar surface area (TPSA) is 34.2 Å². The van der Waals surface area contributed by atoms with Crippen LogP contribution in [0.25, 0.3) is 0 Å². The first-order valence-electron chi connectivity index (χ1n) is 9.25. The van der Waals surface area contributed by atoms with Crippen molar-refractivity contribution in [1.29, 1.82) is 0 Å². The molecule has 4 rings (SSSR count). The summed E-state index contributed by atoms with van der Waals surface area (Å²) < 4.78 is 5.61. The summed E-state index contributed by atoms with van der Waals surface area (Å²) >= 11 is 5.98. The van der Waals surface area contributed by atoms with Crippen molar-refractivity contribution in [3.63, 3.8) is 0 Å². The summed E-state index contributed by atoms with van der Waals surface area (Å²) in [7, 11) is 0. The summed E-state index contributed by atoms with van der Waals surface area (Å²) in [6.45, 7) is 2.71. The predicted octanol–water partition coefficient (Wildman–Crippen LogP) is 4.32. The minimum Gasteiger partial charge on any atom is -0.381 e. The van der Waals surface area contributed by atoms with Crippen molar-refractivity contribution >= 4 is 11.6 Å². The standard InChI is InChI=1S/C21H25ClN2O/c22-17-6-4-16(5-7-17)18-15-19(18)23-12-8-21(9-13-25-14-10-21)20-3-1-2-11-24-20/h1-7,11,18-19,23H,8-10,12-15H2/t18-,19?/m0/s1. The van der Waals surface area contributed by atoms with Crippen LogP contribution < -0.4 is 5.32 Å². The lowest BCUT2D eigenvalue weighted by atomic mass is 9.74. The van der Waals surface area contributed by atoms with Gasteiger partial charge in [-0.05, 0) is 62.1 Å². The summed E-state index contributed by atoms with van der Waals surface area (Å²) in [5, 5.41) is 4.57. The van der Waals surface area contributed by atoms with Crippen molar-refractivity contribution in [1.82, 2.24) is 10.3 Å². The molecule has 132 valence electrons. The molecule has 1 saturated carbocycles. The zero-order valence-corrected chi connectivity index (χ0v) is 15.2. The van der Waals surface area contributed by atoms with Crippen molar-refractivity contribution in [2.24, 2.45) is 0 Å². The number of nitrogens with one attached hydrogen (secondary N) is 1. The molecule has 1 aliphatic heterocycles. The zero-order chi connectivity index (χ0) is 17.1. The lowest BCUT2D eigenvalue weighted by Crippen LogP contribution is -2.38. The Bertz CT molecular complexity index is 683. The zero-order valence-electron chi connectivity index (χ0n) is 14.5. The second-order valence-electron chi connectivity index (χ2n) is 7.31. The maximum atomic E-state index is 5.98. The normalized spacial score (nSPS) is 24.8. The summed E-state index contributed by atoms with van der Waals surface area (Å²) in [6.07, 6.45) is 6.39. The summed E-state index contributed by atoms with van der Waals surface area (Å²) in [6, 6.07) is 15.2. The van der Waals surface area contributed by atoms with Crippen molar-refractivity contribution < 1.29 is 4.74 Å². The fraction of sp³-hybridized carbons (Fsp3) is 0.476. The van der Waals surface area contributed by atoms with Gasteiger partial charge in [0.05, 0.1) is 0 Å². The molecule has 2 aromatic rings. The third-order valence-corrected chi connectivity index (χ3v) is 6.01. The van der Waals surface area contributed by atoms with Gasteiger partial charge >= 0.3 is 0 Å². The number of rotatable bonds is 6. The molecule has 1 unspecified atom stereocenters. The number of ether oxygens (including phenoxy) is 1. The average molecular weight is 357 g/mol. The van der Waals surface area contributed by atoms with Crippen LogP contribution in [0.3, 0.4) is 0 Å². The summed E-state index contributed by atoms with van der Waals surface area (Å²) in [5.41, 5.74) is 2.79. The maximum absolute atomic E-state index is 5.98. The highest BCUT2D eigenvalue weighted by molar-refractivity contribution is 6.30. The van der Waals surface area contributed by atoms with E-state index in [0.717, 1.165) is 44.0 Å². The smallest absolute Gasteiger partial charge is 0.0475 e. The number of hydrogen-bond donors (Lipinski definition) is 1. The number of hydrogen-bond acceptors (Lipinski definition) is 3. The van der Waals surface area contributed by atoms with Gasteiger partial charge < -0.3 is 10.1 Å². The third-order valence-electron chi connectivity index (χ3n) is 5.76. The van der Waals surface area contributed by atoms with Crippen molar-refractivity contribution in [2.45, 2.75) is 43.1 Å². The minimum absolute atomic E-state index is 0.164. The van der Waals surface area contributed by atoms with Crippen LogP contribution in [0, 0.1) is 0 Å². The fourth-order valence-corrected chi connectivity index (χ4v) is 4.19. The molecule has 2 atom stereocenters. The van der Waals surface area contributed by atoms with Crippen LogP contribution in [-0.4, -0.2) is 30.8 Å². The van der Waals surface area contributed by atoms with Crippen LogP contribution >= 0.6 is 11.6 Å². The Labute approximate surface area is 154 Å². The molecule has 3 nitrogen and oxygen atoms in total. The summed E-state index contributed by atoms with van der Waals surface area (Å²) in [5.74, 6) is 0.637. The van der Waals surface area contributed by atoms with Crippen LogP contribution in [-0.2, 0) is 10.2 Å². The Kier molecular flexibility index (Phi) is 5.07. The number of pyridine rings is 1. The van der Waals surface area contributed by atoms with Crippen molar-refractivity contribution in [3.8, 4) is 0 Å². The quantitative estimate of drug-likeness (QED) is 0.837. The number of aromatic nitrogens is 1. The van der Waals surface area contributed by atoms with Gasteiger partial charge in [-0.25, -0.2) is 0 Å². The first kappa shape index (κ1) is 17.0. The number of nitrogens with zero attached hydrogens (tertiary/aromatic N) is 1. The van der Waals surface area contributed by atoms with E-state index in [4.69, 9.17) is 16.3 Å². The number of benzene rings is 1. The molecule has 2 heterocycles. The van der Waals surface area contributed by atoms with E-state index in [1.807, 2.05) is 24.4 Å². The molecule has 25 heavy (non-hydrogen) atoms. The van der Waals surface area contributed by atoms with E-state index >= 15 is 0 Å². The Balaban J connectivity index is 1.34. The monoisotopic (exact) mass is 356 g/mol. The van der Waals surface area contributed by atoms with Gasteiger partial charge in [-0.3, -0.25) is 4.98 Å². The lowest BCUT2D eigenvalue weighted by Gasteiger charge is -2.37. The van der Waals surface area contributed by atoms with Gasteiger partial charge in [0.25, 0.3) is 0 Å². The lowest BCUT2D eigenvalue weighted by molar-refractivity contribution is 0.0453. The van der Waals surface area contributed by atoms with Crippen LogP contribution in [0.5, 0.6) is 0 Å². The highest BCUT2D eigenvalue weighted by atomic mass is 35.5. The van der Waals surface area contributed by atoms with Crippen molar-refractivity contribution in [3.05, 3.63) is 64.9 Å². The van der Waals surface area contributed by atoms with E-state index in [2.05, 4.69) is 34.6 Å². The van der Waals surface area contributed by atoms with Gasteiger partial charge in [0, 0.05) is 47.5 Å². The molecule has 0 spiro atoms. The number of halogens is 1. The first-order chi connectivity index (χ1) is 12.3.